The van der Waals surface area contributed by atoms with Gasteiger partial charge in [0.05, 0.1) is 7.11 Å². The molecule has 0 saturated heterocycles. The van der Waals surface area contributed by atoms with Gasteiger partial charge in [-0.3, -0.25) is 0 Å². The van der Waals surface area contributed by atoms with Crippen molar-refractivity contribution < 1.29 is 9.37 Å². The zero-order chi connectivity index (χ0) is 13.2. The van der Waals surface area contributed by atoms with Crippen LogP contribution in [0, 0.1) is 6.92 Å². The van der Waals surface area contributed by atoms with Crippen molar-refractivity contribution in [1.82, 2.24) is 20.3 Å². The summed E-state index contributed by atoms with van der Waals surface area (Å²) in [6.45, 7) is 2.05. The van der Waals surface area contributed by atoms with Crippen LogP contribution in [0.25, 0.3) is 11.3 Å². The molecule has 0 unspecified atom stereocenters. The predicted molar refractivity (Wildman–Crippen MR) is 67.9 cm³/mol. The molecule has 0 spiro atoms. The highest BCUT2D eigenvalue weighted by molar-refractivity contribution is 5.64. The van der Waals surface area contributed by atoms with Crippen molar-refractivity contribution in [3.63, 3.8) is 0 Å². The molecule has 6 nitrogen and oxygen atoms in total. The largest absolute Gasteiger partial charge is 0.480 e. The second kappa shape index (κ2) is 4.64. The molecule has 3 rings (SSSR count). The number of benzene rings is 1. The van der Waals surface area contributed by atoms with E-state index < -0.39 is 0 Å². The fraction of sp³-hybridized carbons (Fsp3) is 0.231. The zero-order valence-corrected chi connectivity index (χ0v) is 10.6. The Labute approximate surface area is 109 Å². The van der Waals surface area contributed by atoms with E-state index in [2.05, 4.69) is 56.1 Å². The monoisotopic (exact) mass is 256 g/mol. The van der Waals surface area contributed by atoms with Crippen LogP contribution < -0.4 is 4.74 Å². The SMILES string of the molecule is COc1nc2nonc2nc1Cc1ccc(C)cc1. The molecule has 0 fully saturated rings. The van der Waals surface area contributed by atoms with Gasteiger partial charge >= 0.3 is 0 Å². The predicted octanol–water partition coefficient (Wildman–Crippen LogP) is 1.92. The van der Waals surface area contributed by atoms with Crippen LogP contribution >= 0.6 is 0 Å². The lowest BCUT2D eigenvalue weighted by molar-refractivity contribution is 0.313. The highest BCUT2D eigenvalue weighted by Crippen LogP contribution is 2.19. The van der Waals surface area contributed by atoms with Gasteiger partial charge in [-0.05, 0) is 22.8 Å². The minimum Gasteiger partial charge on any atom is -0.480 e. The molecular formula is C13H12N4O2. The maximum atomic E-state index is 5.24. The quantitative estimate of drug-likeness (QED) is 0.712. The van der Waals surface area contributed by atoms with E-state index in [0.29, 0.717) is 23.6 Å². The van der Waals surface area contributed by atoms with Crippen LogP contribution in [0.2, 0.25) is 0 Å². The Bertz CT molecular complexity index is 706. The van der Waals surface area contributed by atoms with Crippen molar-refractivity contribution in [1.29, 1.82) is 0 Å². The lowest BCUT2D eigenvalue weighted by Gasteiger charge is -2.06. The number of nitrogens with zero attached hydrogens (tertiary/aromatic N) is 4. The Morgan fingerprint density at radius 1 is 1.05 bits per heavy atom. The number of methoxy groups -OCH3 is 1. The number of hydrogen-bond donors (Lipinski definition) is 0. The first-order valence-corrected chi connectivity index (χ1v) is 5.85. The number of aryl methyl sites for hydroxylation is 1. The third-order valence-corrected chi connectivity index (χ3v) is 2.84. The molecule has 0 aliphatic rings. The second-order valence-electron chi connectivity index (χ2n) is 4.25. The fourth-order valence-corrected chi connectivity index (χ4v) is 1.83. The number of ether oxygens (including phenoxy) is 1. The molecule has 2 aromatic heterocycles. The van der Waals surface area contributed by atoms with Crippen LogP contribution in [0.3, 0.4) is 0 Å². The van der Waals surface area contributed by atoms with Gasteiger partial charge in [-0.15, -0.1) is 0 Å². The molecular weight excluding hydrogens is 244 g/mol. The second-order valence-corrected chi connectivity index (χ2v) is 4.25. The third-order valence-electron chi connectivity index (χ3n) is 2.84. The number of hydrogen-bond acceptors (Lipinski definition) is 6. The molecule has 0 aliphatic heterocycles. The molecule has 0 radical (unpaired) electrons. The molecule has 19 heavy (non-hydrogen) atoms. The third kappa shape index (κ3) is 2.24. The molecule has 0 saturated carbocycles. The van der Waals surface area contributed by atoms with Crippen molar-refractivity contribution in [2.24, 2.45) is 0 Å². The van der Waals surface area contributed by atoms with E-state index in [1.165, 1.54) is 5.56 Å². The molecule has 0 bridgehead atoms. The molecule has 1 aromatic carbocycles. The van der Waals surface area contributed by atoms with Crippen LogP contribution in [-0.4, -0.2) is 27.4 Å². The average molecular weight is 256 g/mol. The van der Waals surface area contributed by atoms with E-state index in [1.54, 1.807) is 7.11 Å². The highest BCUT2D eigenvalue weighted by atomic mass is 16.6. The maximum absolute atomic E-state index is 5.24. The van der Waals surface area contributed by atoms with Gasteiger partial charge in [0.25, 0.3) is 0 Å². The van der Waals surface area contributed by atoms with Crippen molar-refractivity contribution >= 4 is 11.3 Å². The van der Waals surface area contributed by atoms with Gasteiger partial charge in [-0.2, -0.15) is 4.98 Å². The summed E-state index contributed by atoms with van der Waals surface area (Å²) in [5, 5.41) is 7.34. The lowest BCUT2D eigenvalue weighted by Crippen LogP contribution is -2.01. The fourth-order valence-electron chi connectivity index (χ4n) is 1.83. The summed E-state index contributed by atoms with van der Waals surface area (Å²) >= 11 is 0. The summed E-state index contributed by atoms with van der Waals surface area (Å²) in [6, 6.07) is 8.24. The van der Waals surface area contributed by atoms with Crippen molar-refractivity contribution in [3.05, 3.63) is 41.1 Å². The van der Waals surface area contributed by atoms with Gasteiger partial charge in [0.2, 0.25) is 17.2 Å². The smallest absolute Gasteiger partial charge is 0.246 e. The number of aromatic nitrogens is 4. The van der Waals surface area contributed by atoms with Crippen molar-refractivity contribution in [2.75, 3.05) is 7.11 Å². The molecule has 3 aromatic rings. The minimum atomic E-state index is 0.351. The first kappa shape index (κ1) is 11.6. The average Bonchev–Trinajstić information content (AvgIpc) is 2.87. The van der Waals surface area contributed by atoms with Crippen LogP contribution in [0.1, 0.15) is 16.8 Å². The molecule has 6 heteroatoms. The van der Waals surface area contributed by atoms with Crippen molar-refractivity contribution in [2.45, 2.75) is 13.3 Å². The molecule has 0 atom stereocenters. The number of rotatable bonds is 3. The van der Waals surface area contributed by atoms with Crippen LogP contribution in [0.15, 0.2) is 28.9 Å². The summed E-state index contributed by atoms with van der Waals surface area (Å²) in [5.41, 5.74) is 3.81. The van der Waals surface area contributed by atoms with E-state index in [4.69, 9.17) is 4.74 Å². The normalized spacial score (nSPS) is 10.8. The molecule has 0 aliphatic carbocycles. The molecule has 2 heterocycles. The summed E-state index contributed by atoms with van der Waals surface area (Å²) in [5.74, 6) is 0.448. The first-order chi connectivity index (χ1) is 9.26. The molecule has 96 valence electrons. The Morgan fingerprint density at radius 2 is 1.74 bits per heavy atom. The summed E-state index contributed by atoms with van der Waals surface area (Å²) < 4.78 is 9.84. The number of fused-ring (bicyclic) bond motifs is 1. The summed E-state index contributed by atoms with van der Waals surface area (Å²) in [7, 11) is 1.56. The molecule has 0 N–H and O–H groups in total. The Morgan fingerprint density at radius 3 is 2.42 bits per heavy atom. The zero-order valence-electron chi connectivity index (χ0n) is 10.6. The van der Waals surface area contributed by atoms with E-state index in [-0.39, 0.29) is 0 Å². The van der Waals surface area contributed by atoms with E-state index in [9.17, 15) is 0 Å². The van der Waals surface area contributed by atoms with Gasteiger partial charge in [0.15, 0.2) is 0 Å². The minimum absolute atomic E-state index is 0.351. The van der Waals surface area contributed by atoms with Crippen LogP contribution in [-0.2, 0) is 6.42 Å². The van der Waals surface area contributed by atoms with Gasteiger partial charge in [0, 0.05) is 6.42 Å². The Kier molecular flexibility index (Phi) is 2.83. The lowest BCUT2D eigenvalue weighted by atomic mass is 10.1. The van der Waals surface area contributed by atoms with Gasteiger partial charge in [-0.25, -0.2) is 9.61 Å². The van der Waals surface area contributed by atoms with Crippen LogP contribution in [0.5, 0.6) is 5.88 Å². The summed E-state index contributed by atoms with van der Waals surface area (Å²) in [6.07, 6.45) is 0.624. The van der Waals surface area contributed by atoms with Gasteiger partial charge in [0.1, 0.15) is 5.69 Å². The highest BCUT2D eigenvalue weighted by Gasteiger charge is 2.13. The molecule has 0 amide bonds. The van der Waals surface area contributed by atoms with E-state index in [0.717, 1.165) is 11.3 Å². The van der Waals surface area contributed by atoms with E-state index >= 15 is 0 Å². The van der Waals surface area contributed by atoms with E-state index in [1.807, 2.05) is 0 Å². The summed E-state index contributed by atoms with van der Waals surface area (Å²) in [4.78, 5) is 8.58. The van der Waals surface area contributed by atoms with Gasteiger partial charge < -0.3 is 4.74 Å². The van der Waals surface area contributed by atoms with Crippen LogP contribution in [0.4, 0.5) is 0 Å². The van der Waals surface area contributed by atoms with Gasteiger partial charge in [-0.1, -0.05) is 29.8 Å². The maximum Gasteiger partial charge on any atom is 0.246 e. The Balaban J connectivity index is 2.00. The van der Waals surface area contributed by atoms with Crippen molar-refractivity contribution in [3.8, 4) is 5.88 Å². The standard InChI is InChI=1S/C13H12N4O2/c1-8-3-5-9(6-4-8)7-10-13(18-2)15-12-11(14-10)16-19-17-12/h3-6H,7H2,1-2H3. The topological polar surface area (TPSA) is 73.9 Å². The first-order valence-electron chi connectivity index (χ1n) is 5.85. The Hall–Kier alpha value is -2.50.